The second-order valence-electron chi connectivity index (χ2n) is 9.03. The van der Waals surface area contributed by atoms with Gasteiger partial charge in [-0.25, -0.2) is 4.98 Å². The van der Waals surface area contributed by atoms with Crippen LogP contribution in [0, 0.1) is 0 Å². The number of carbonyl (C=O) groups is 1. The van der Waals surface area contributed by atoms with Gasteiger partial charge in [0.15, 0.2) is 5.82 Å². The fraction of sp³-hybridized carbons (Fsp3) is 0.500. The van der Waals surface area contributed by atoms with Crippen molar-refractivity contribution in [3.63, 3.8) is 0 Å². The van der Waals surface area contributed by atoms with Gasteiger partial charge in [0, 0.05) is 24.2 Å². The van der Waals surface area contributed by atoms with Crippen molar-refractivity contribution in [2.45, 2.75) is 58.0 Å². The predicted molar refractivity (Wildman–Crippen MR) is 123 cm³/mol. The molecule has 8 heteroatoms. The lowest BCUT2D eigenvalue weighted by atomic mass is 10.1. The lowest BCUT2D eigenvalue weighted by Gasteiger charge is -2.22. The average molecular weight is 427 g/mol. The van der Waals surface area contributed by atoms with Crippen LogP contribution in [0.3, 0.4) is 0 Å². The van der Waals surface area contributed by atoms with Gasteiger partial charge in [-0.15, -0.1) is 5.10 Å². The van der Waals surface area contributed by atoms with Gasteiger partial charge in [0.2, 0.25) is 16.0 Å². The molecule has 2 heterocycles. The Morgan fingerprint density at radius 1 is 1.23 bits per heavy atom. The number of nitrogens with zero attached hydrogens (tertiary/aromatic N) is 4. The van der Waals surface area contributed by atoms with E-state index in [2.05, 4.69) is 43.5 Å². The van der Waals surface area contributed by atoms with Gasteiger partial charge in [-0.1, -0.05) is 54.5 Å². The van der Waals surface area contributed by atoms with Crippen molar-refractivity contribution < 1.29 is 4.79 Å². The molecule has 1 aromatic carbocycles. The highest BCUT2D eigenvalue weighted by molar-refractivity contribution is 7.20. The second-order valence-corrected chi connectivity index (χ2v) is 9.97. The molecule has 7 nitrogen and oxygen atoms in total. The number of imidazole rings is 1. The average Bonchev–Trinajstić information content (AvgIpc) is 3.39. The first-order chi connectivity index (χ1) is 14.3. The third-order valence-corrected chi connectivity index (χ3v) is 6.18. The maximum absolute atomic E-state index is 12.4. The second kappa shape index (κ2) is 8.26. The third-order valence-electron chi connectivity index (χ3n) is 5.16. The molecular formula is C22H30N6OS. The summed E-state index contributed by atoms with van der Waals surface area (Å²) in [7, 11) is 1.90. The highest BCUT2D eigenvalue weighted by Crippen LogP contribution is 2.34. The van der Waals surface area contributed by atoms with E-state index >= 15 is 0 Å². The van der Waals surface area contributed by atoms with E-state index in [-0.39, 0.29) is 11.4 Å². The summed E-state index contributed by atoms with van der Waals surface area (Å²) in [6, 6.07) is 10.5. The van der Waals surface area contributed by atoms with Crippen LogP contribution in [0.2, 0.25) is 0 Å². The third kappa shape index (κ3) is 4.59. The summed E-state index contributed by atoms with van der Waals surface area (Å²) >= 11 is 1.49. The van der Waals surface area contributed by atoms with Gasteiger partial charge in [0.05, 0.1) is 6.54 Å². The molecule has 0 unspecified atom stereocenters. The number of aromatic nitrogens is 3. The maximum atomic E-state index is 12.4. The first kappa shape index (κ1) is 20.7. The zero-order valence-corrected chi connectivity index (χ0v) is 18.9. The summed E-state index contributed by atoms with van der Waals surface area (Å²) < 4.78 is 1.86. The quantitative estimate of drug-likeness (QED) is 0.619. The number of benzene rings is 1. The van der Waals surface area contributed by atoms with E-state index in [4.69, 9.17) is 10.1 Å². The van der Waals surface area contributed by atoms with Gasteiger partial charge in [0.25, 0.3) is 0 Å². The van der Waals surface area contributed by atoms with Gasteiger partial charge in [-0.3, -0.25) is 4.79 Å². The molecule has 1 fully saturated rings. The molecule has 0 aliphatic heterocycles. The SMILES string of the molecule is CN(CC(=O)NC1CCCC1)c1nn2c(NC(C)(C)C)c(-c3ccccc3)nc2s1. The monoisotopic (exact) mass is 426 g/mol. The van der Waals surface area contributed by atoms with Crippen LogP contribution in [0.5, 0.6) is 0 Å². The lowest BCUT2D eigenvalue weighted by Crippen LogP contribution is -2.39. The summed E-state index contributed by atoms with van der Waals surface area (Å²) in [5.41, 5.74) is 1.79. The smallest absolute Gasteiger partial charge is 0.239 e. The summed E-state index contributed by atoms with van der Waals surface area (Å²) in [5, 5.41) is 12.3. The molecule has 30 heavy (non-hydrogen) atoms. The molecule has 4 rings (SSSR count). The number of rotatable bonds is 6. The Bertz CT molecular complexity index is 1010. The molecule has 0 radical (unpaired) electrons. The van der Waals surface area contributed by atoms with Crippen molar-refractivity contribution in [3.05, 3.63) is 30.3 Å². The van der Waals surface area contributed by atoms with Crippen molar-refractivity contribution in [1.82, 2.24) is 19.9 Å². The Hall–Kier alpha value is -2.61. The molecule has 1 amide bonds. The standard InChI is InChI=1S/C22H30N6OS/c1-22(2,3)25-19-18(15-10-6-5-7-11-15)24-20-28(19)26-21(30-20)27(4)14-17(29)23-16-12-8-9-13-16/h5-7,10-11,16,25H,8-9,12-14H2,1-4H3,(H,23,29). The highest BCUT2D eigenvalue weighted by atomic mass is 32.1. The number of nitrogens with one attached hydrogen (secondary N) is 2. The Morgan fingerprint density at radius 3 is 2.60 bits per heavy atom. The van der Waals surface area contributed by atoms with Crippen molar-refractivity contribution in [3.8, 4) is 11.3 Å². The largest absolute Gasteiger partial charge is 0.364 e. The van der Waals surface area contributed by atoms with E-state index in [1.54, 1.807) is 0 Å². The zero-order valence-electron chi connectivity index (χ0n) is 18.1. The van der Waals surface area contributed by atoms with Gasteiger partial charge in [0.1, 0.15) is 5.69 Å². The fourth-order valence-corrected chi connectivity index (χ4v) is 4.65. The van der Waals surface area contributed by atoms with Crippen LogP contribution in [0.15, 0.2) is 30.3 Å². The Kier molecular flexibility index (Phi) is 5.69. The fourth-order valence-electron chi connectivity index (χ4n) is 3.78. The number of anilines is 2. The van der Waals surface area contributed by atoms with Crippen molar-refractivity contribution in [2.24, 2.45) is 0 Å². The number of likely N-dealkylation sites (N-methyl/N-ethyl adjacent to an activating group) is 1. The highest BCUT2D eigenvalue weighted by Gasteiger charge is 2.24. The van der Waals surface area contributed by atoms with Crippen LogP contribution in [0.25, 0.3) is 16.2 Å². The van der Waals surface area contributed by atoms with Gasteiger partial charge in [-0.2, -0.15) is 4.52 Å². The normalized spacial score (nSPS) is 14.9. The van der Waals surface area contributed by atoms with E-state index in [0.717, 1.165) is 40.0 Å². The van der Waals surface area contributed by atoms with Crippen molar-refractivity contribution in [2.75, 3.05) is 23.8 Å². The molecule has 1 saturated carbocycles. The Morgan fingerprint density at radius 2 is 1.93 bits per heavy atom. The van der Waals surface area contributed by atoms with E-state index in [0.29, 0.717) is 12.6 Å². The van der Waals surface area contributed by atoms with Gasteiger partial charge < -0.3 is 15.5 Å². The van der Waals surface area contributed by atoms with Crippen LogP contribution in [-0.2, 0) is 4.79 Å². The molecule has 3 aromatic rings. The van der Waals surface area contributed by atoms with Gasteiger partial charge in [-0.05, 0) is 33.6 Å². The molecule has 1 aliphatic carbocycles. The molecule has 2 N–H and O–H groups in total. The first-order valence-corrected chi connectivity index (χ1v) is 11.4. The zero-order chi connectivity index (χ0) is 21.3. The molecule has 2 aromatic heterocycles. The topological polar surface area (TPSA) is 74.6 Å². The summed E-state index contributed by atoms with van der Waals surface area (Å²) in [6.07, 6.45) is 4.59. The molecule has 0 atom stereocenters. The Labute approximate surface area is 181 Å². The number of hydrogen-bond donors (Lipinski definition) is 2. The summed E-state index contributed by atoms with van der Waals surface area (Å²) in [5.74, 6) is 0.922. The van der Waals surface area contributed by atoms with Crippen molar-refractivity contribution >= 4 is 33.2 Å². The molecule has 0 bridgehead atoms. The van der Waals surface area contributed by atoms with Crippen LogP contribution < -0.4 is 15.5 Å². The van der Waals surface area contributed by atoms with Crippen molar-refractivity contribution in [1.29, 1.82) is 0 Å². The Balaban J connectivity index is 1.59. The minimum absolute atomic E-state index is 0.0512. The molecule has 1 aliphatic rings. The van der Waals surface area contributed by atoms with Crippen LogP contribution in [0.1, 0.15) is 46.5 Å². The lowest BCUT2D eigenvalue weighted by molar-refractivity contribution is -0.120. The summed E-state index contributed by atoms with van der Waals surface area (Å²) in [6.45, 7) is 6.65. The van der Waals surface area contributed by atoms with Crippen LogP contribution >= 0.6 is 11.3 Å². The van der Waals surface area contributed by atoms with E-state index in [1.165, 1.54) is 24.2 Å². The maximum Gasteiger partial charge on any atom is 0.239 e. The van der Waals surface area contributed by atoms with E-state index in [9.17, 15) is 4.79 Å². The number of fused-ring (bicyclic) bond motifs is 1. The first-order valence-electron chi connectivity index (χ1n) is 10.5. The minimum atomic E-state index is -0.143. The molecule has 0 saturated heterocycles. The minimum Gasteiger partial charge on any atom is -0.364 e. The molecular weight excluding hydrogens is 396 g/mol. The number of carbonyl (C=O) groups excluding carboxylic acids is 1. The predicted octanol–water partition coefficient (Wildman–Crippen LogP) is 4.16. The molecule has 0 spiro atoms. The van der Waals surface area contributed by atoms with E-state index in [1.807, 2.05) is 34.7 Å². The van der Waals surface area contributed by atoms with Crippen LogP contribution in [-0.4, -0.2) is 45.7 Å². The number of amides is 1. The summed E-state index contributed by atoms with van der Waals surface area (Å²) in [4.78, 5) is 20.0. The van der Waals surface area contributed by atoms with Gasteiger partial charge >= 0.3 is 0 Å². The van der Waals surface area contributed by atoms with E-state index < -0.39 is 0 Å². The van der Waals surface area contributed by atoms with Crippen LogP contribution in [0.4, 0.5) is 10.9 Å². The number of hydrogen-bond acceptors (Lipinski definition) is 6. The molecule has 160 valence electrons.